The van der Waals surface area contributed by atoms with E-state index in [2.05, 4.69) is 39.0 Å². The van der Waals surface area contributed by atoms with Crippen LogP contribution in [-0.4, -0.2) is 30.8 Å². The van der Waals surface area contributed by atoms with Gasteiger partial charge in [0.1, 0.15) is 6.10 Å². The molecular weight excluding hydrogens is 244 g/mol. The minimum absolute atomic E-state index is 0.0366. The van der Waals surface area contributed by atoms with Crippen molar-refractivity contribution in [3.8, 4) is 5.88 Å². The molecule has 0 spiro atoms. The van der Waals surface area contributed by atoms with Crippen LogP contribution < -0.4 is 4.74 Å². The molecule has 1 heterocycles. The Morgan fingerprint density at radius 2 is 2.00 bits per heavy atom. The second kappa shape index (κ2) is 5.44. The van der Waals surface area contributed by atoms with Crippen LogP contribution in [0, 0.1) is 0 Å². The highest BCUT2D eigenvalue weighted by atomic mass is 28.4. The fraction of sp³-hybridized carbons (Fsp3) is 0.769. The molecule has 18 heavy (non-hydrogen) atoms. The number of aryl methyl sites for hydroxylation is 1. The van der Waals surface area contributed by atoms with Crippen molar-refractivity contribution in [1.29, 1.82) is 0 Å². The normalized spacial score (nSPS) is 14.6. The first-order chi connectivity index (χ1) is 8.13. The summed E-state index contributed by atoms with van der Waals surface area (Å²) in [5, 5.41) is 4.31. The molecule has 0 aliphatic heterocycles. The zero-order chi connectivity index (χ0) is 14.0. The van der Waals surface area contributed by atoms with Gasteiger partial charge in [-0.15, -0.1) is 0 Å². The first-order valence-electron chi connectivity index (χ1n) is 6.42. The lowest BCUT2D eigenvalue weighted by Gasteiger charge is -2.36. The van der Waals surface area contributed by atoms with Crippen molar-refractivity contribution in [3.05, 3.63) is 12.3 Å². The summed E-state index contributed by atoms with van der Waals surface area (Å²) >= 11 is 0. The van der Waals surface area contributed by atoms with Gasteiger partial charge in [-0.1, -0.05) is 20.8 Å². The molecule has 1 rings (SSSR count). The van der Waals surface area contributed by atoms with Gasteiger partial charge in [0.15, 0.2) is 8.32 Å². The summed E-state index contributed by atoms with van der Waals surface area (Å²) in [6.45, 7) is 13.9. The number of aromatic nitrogens is 2. The Bertz CT molecular complexity index is 383. The van der Waals surface area contributed by atoms with Gasteiger partial charge in [-0.05, 0) is 25.1 Å². The summed E-state index contributed by atoms with van der Waals surface area (Å²) in [6.07, 6.45) is 1.77. The van der Waals surface area contributed by atoms with Crippen molar-refractivity contribution >= 4 is 8.32 Å². The lowest BCUT2D eigenvalue weighted by Crippen LogP contribution is -2.43. The molecule has 0 amide bonds. The Kier molecular flexibility index (Phi) is 4.61. The van der Waals surface area contributed by atoms with E-state index in [0.717, 1.165) is 5.88 Å². The van der Waals surface area contributed by atoms with E-state index < -0.39 is 8.32 Å². The molecule has 4 nitrogen and oxygen atoms in total. The molecule has 1 unspecified atom stereocenters. The summed E-state index contributed by atoms with van der Waals surface area (Å²) in [4.78, 5) is 0. The zero-order valence-electron chi connectivity index (χ0n) is 12.7. The third-order valence-corrected chi connectivity index (χ3v) is 8.08. The predicted molar refractivity (Wildman–Crippen MR) is 76.4 cm³/mol. The Hall–Kier alpha value is -0.813. The standard InChI is InChI=1S/C13H26N2O2Si/c1-11(17-12-8-9-14-15(12)5)10-16-18(6,7)13(2,3)4/h8-9,11H,10H2,1-7H3. The maximum Gasteiger partial charge on any atom is 0.211 e. The number of ether oxygens (including phenoxy) is 1. The summed E-state index contributed by atoms with van der Waals surface area (Å²) in [5.74, 6) is 0.779. The van der Waals surface area contributed by atoms with Crippen molar-refractivity contribution in [2.45, 2.75) is 51.9 Å². The van der Waals surface area contributed by atoms with Crippen LogP contribution >= 0.6 is 0 Å². The first kappa shape index (κ1) is 15.2. The second-order valence-electron chi connectivity index (χ2n) is 6.29. The molecule has 0 N–H and O–H groups in total. The van der Waals surface area contributed by atoms with Crippen LogP contribution in [0.1, 0.15) is 27.7 Å². The lowest BCUT2D eigenvalue weighted by atomic mass is 10.2. The summed E-state index contributed by atoms with van der Waals surface area (Å²) in [5.41, 5.74) is 0. The van der Waals surface area contributed by atoms with Crippen LogP contribution in [0.5, 0.6) is 5.88 Å². The number of hydrogen-bond acceptors (Lipinski definition) is 3. The van der Waals surface area contributed by atoms with Gasteiger partial charge in [-0.25, -0.2) is 4.68 Å². The first-order valence-corrected chi connectivity index (χ1v) is 9.33. The molecule has 1 atom stereocenters. The van der Waals surface area contributed by atoms with Crippen LogP contribution in [-0.2, 0) is 11.5 Å². The van der Waals surface area contributed by atoms with Gasteiger partial charge in [-0.3, -0.25) is 0 Å². The Morgan fingerprint density at radius 3 is 2.44 bits per heavy atom. The van der Waals surface area contributed by atoms with E-state index in [9.17, 15) is 0 Å². The molecule has 0 aliphatic rings. The van der Waals surface area contributed by atoms with Crippen LogP contribution in [0.25, 0.3) is 0 Å². The van der Waals surface area contributed by atoms with Gasteiger partial charge in [0.2, 0.25) is 5.88 Å². The average molecular weight is 270 g/mol. The van der Waals surface area contributed by atoms with Gasteiger partial charge in [0.05, 0.1) is 12.8 Å². The lowest BCUT2D eigenvalue weighted by molar-refractivity contribution is 0.125. The third kappa shape index (κ3) is 3.85. The molecule has 0 aromatic carbocycles. The monoisotopic (exact) mass is 270 g/mol. The second-order valence-corrected chi connectivity index (χ2v) is 11.1. The molecule has 0 saturated heterocycles. The molecule has 104 valence electrons. The van der Waals surface area contributed by atoms with Gasteiger partial charge >= 0.3 is 0 Å². The molecule has 0 bridgehead atoms. The van der Waals surface area contributed by atoms with E-state index >= 15 is 0 Å². The average Bonchev–Trinajstić information content (AvgIpc) is 2.60. The molecule has 0 radical (unpaired) electrons. The smallest absolute Gasteiger partial charge is 0.211 e. The molecule has 0 fully saturated rings. The minimum atomic E-state index is -1.68. The molecule has 1 aromatic heterocycles. The SMILES string of the molecule is CC(CO[Si](C)(C)C(C)(C)C)Oc1ccnn1C. The highest BCUT2D eigenvalue weighted by Gasteiger charge is 2.37. The maximum atomic E-state index is 6.13. The van der Waals surface area contributed by atoms with E-state index in [1.54, 1.807) is 10.9 Å². The Morgan fingerprint density at radius 1 is 1.39 bits per heavy atom. The van der Waals surface area contributed by atoms with E-state index in [4.69, 9.17) is 9.16 Å². The molecule has 5 heteroatoms. The molecule has 0 saturated carbocycles. The zero-order valence-corrected chi connectivity index (χ0v) is 13.7. The fourth-order valence-corrected chi connectivity index (χ4v) is 2.34. The van der Waals surface area contributed by atoms with Crippen LogP contribution in [0.4, 0.5) is 0 Å². The summed E-state index contributed by atoms with van der Waals surface area (Å²) in [7, 11) is 0.187. The van der Waals surface area contributed by atoms with Gasteiger partial charge in [0.25, 0.3) is 0 Å². The van der Waals surface area contributed by atoms with E-state index in [0.29, 0.717) is 6.61 Å². The van der Waals surface area contributed by atoms with Crippen LogP contribution in [0.2, 0.25) is 18.1 Å². The van der Waals surface area contributed by atoms with Crippen molar-refractivity contribution in [2.24, 2.45) is 7.05 Å². The largest absolute Gasteiger partial charge is 0.472 e. The molecule has 1 aromatic rings. The van der Waals surface area contributed by atoms with E-state index in [1.807, 2.05) is 20.0 Å². The van der Waals surface area contributed by atoms with E-state index in [-0.39, 0.29) is 11.1 Å². The number of nitrogens with zero attached hydrogens (tertiary/aromatic N) is 2. The van der Waals surface area contributed by atoms with Crippen molar-refractivity contribution in [1.82, 2.24) is 9.78 Å². The van der Waals surface area contributed by atoms with E-state index in [1.165, 1.54) is 0 Å². The number of rotatable bonds is 5. The quantitative estimate of drug-likeness (QED) is 0.771. The van der Waals surface area contributed by atoms with Crippen molar-refractivity contribution in [2.75, 3.05) is 6.61 Å². The van der Waals surface area contributed by atoms with Crippen LogP contribution in [0.3, 0.4) is 0 Å². The van der Waals surface area contributed by atoms with Gasteiger partial charge < -0.3 is 9.16 Å². The molecule has 0 aliphatic carbocycles. The highest BCUT2D eigenvalue weighted by molar-refractivity contribution is 6.74. The Labute approximate surface area is 111 Å². The predicted octanol–water partition coefficient (Wildman–Crippen LogP) is 3.21. The van der Waals surface area contributed by atoms with Crippen LogP contribution in [0.15, 0.2) is 12.3 Å². The highest BCUT2D eigenvalue weighted by Crippen LogP contribution is 2.36. The topological polar surface area (TPSA) is 36.3 Å². The Balaban J connectivity index is 2.47. The molecular formula is C13H26N2O2Si. The van der Waals surface area contributed by atoms with Crippen molar-refractivity contribution in [3.63, 3.8) is 0 Å². The number of hydrogen-bond donors (Lipinski definition) is 0. The third-order valence-electron chi connectivity index (χ3n) is 3.58. The summed E-state index contributed by atoms with van der Waals surface area (Å²) < 4.78 is 13.6. The van der Waals surface area contributed by atoms with Crippen molar-refractivity contribution < 1.29 is 9.16 Å². The fourth-order valence-electron chi connectivity index (χ4n) is 1.26. The maximum absolute atomic E-state index is 6.13. The minimum Gasteiger partial charge on any atom is -0.472 e. The van der Waals surface area contributed by atoms with Gasteiger partial charge in [0, 0.05) is 13.1 Å². The van der Waals surface area contributed by atoms with Gasteiger partial charge in [-0.2, -0.15) is 5.10 Å². The summed E-state index contributed by atoms with van der Waals surface area (Å²) in [6, 6.07) is 1.86.